The van der Waals surface area contributed by atoms with Crippen molar-refractivity contribution in [3.8, 4) is 5.75 Å². The van der Waals surface area contributed by atoms with Gasteiger partial charge in [-0.3, -0.25) is 14.2 Å². The Hall–Kier alpha value is -4.15. The molecule has 0 unspecified atom stereocenters. The molecule has 0 atom stereocenters. The molecule has 0 saturated carbocycles. The lowest BCUT2D eigenvalue weighted by Gasteiger charge is -2.10. The van der Waals surface area contributed by atoms with E-state index in [2.05, 4.69) is 16.2 Å². The van der Waals surface area contributed by atoms with E-state index >= 15 is 0 Å². The van der Waals surface area contributed by atoms with E-state index < -0.39 is 17.5 Å². The number of carbonyl (C=O) groups is 2. The van der Waals surface area contributed by atoms with E-state index in [4.69, 9.17) is 17.0 Å². The first-order chi connectivity index (χ1) is 16.9. The number of fused-ring (bicyclic) bond motifs is 1. The van der Waals surface area contributed by atoms with Crippen molar-refractivity contribution in [3.05, 3.63) is 95.7 Å². The second-order valence-electron chi connectivity index (χ2n) is 7.46. The van der Waals surface area contributed by atoms with Crippen molar-refractivity contribution >= 4 is 45.6 Å². The van der Waals surface area contributed by atoms with Crippen LogP contribution in [0.2, 0.25) is 0 Å². The Kier molecular flexibility index (Phi) is 7.14. The summed E-state index contributed by atoms with van der Waals surface area (Å²) in [6, 6.07) is 17.0. The molecule has 0 saturated heterocycles. The summed E-state index contributed by atoms with van der Waals surface area (Å²) in [5.41, 5.74) is 7.24. The van der Waals surface area contributed by atoms with Gasteiger partial charge in [0.2, 0.25) is 0 Å². The summed E-state index contributed by atoms with van der Waals surface area (Å²) in [5, 5.41) is 3.12. The number of hydrazine groups is 1. The molecule has 3 N–H and O–H groups in total. The number of ether oxygens (including phenoxy) is 1. The van der Waals surface area contributed by atoms with Gasteiger partial charge in [0.05, 0.1) is 18.3 Å². The molecule has 4 aromatic rings. The fourth-order valence-corrected chi connectivity index (χ4v) is 3.60. The minimum absolute atomic E-state index is 0.194. The molecule has 0 spiro atoms. The van der Waals surface area contributed by atoms with E-state index in [1.807, 2.05) is 24.3 Å². The third kappa shape index (κ3) is 5.34. The van der Waals surface area contributed by atoms with E-state index in [1.54, 1.807) is 42.1 Å². The van der Waals surface area contributed by atoms with Gasteiger partial charge in [-0.15, -0.1) is 0 Å². The second kappa shape index (κ2) is 10.4. The monoisotopic (exact) mass is 494 g/mol. The number of rotatable bonds is 6. The van der Waals surface area contributed by atoms with Crippen molar-refractivity contribution in [1.82, 2.24) is 15.4 Å². The van der Waals surface area contributed by atoms with E-state index in [9.17, 15) is 18.4 Å². The summed E-state index contributed by atoms with van der Waals surface area (Å²) < 4.78 is 33.5. The van der Waals surface area contributed by atoms with Crippen LogP contribution in [0.1, 0.15) is 15.9 Å². The number of amides is 1. The summed E-state index contributed by atoms with van der Waals surface area (Å²) in [5.74, 6) is -2.00. The molecule has 1 heterocycles. The van der Waals surface area contributed by atoms with Crippen molar-refractivity contribution in [1.29, 1.82) is 0 Å². The lowest BCUT2D eigenvalue weighted by molar-refractivity contribution is -0.110. The average molecular weight is 495 g/mol. The quantitative estimate of drug-likeness (QED) is 0.276. The van der Waals surface area contributed by atoms with Crippen LogP contribution in [0.25, 0.3) is 10.9 Å². The molecule has 1 aromatic heterocycles. The highest BCUT2D eigenvalue weighted by Crippen LogP contribution is 2.23. The molecule has 178 valence electrons. The third-order valence-electron chi connectivity index (χ3n) is 5.22. The van der Waals surface area contributed by atoms with Crippen LogP contribution >= 0.6 is 12.2 Å². The number of hydrogen-bond donors (Lipinski definition) is 3. The van der Waals surface area contributed by atoms with E-state index in [0.717, 1.165) is 28.6 Å². The van der Waals surface area contributed by atoms with Crippen molar-refractivity contribution in [3.63, 3.8) is 0 Å². The van der Waals surface area contributed by atoms with Crippen LogP contribution in [0.4, 0.5) is 14.5 Å². The zero-order valence-corrected chi connectivity index (χ0v) is 19.3. The number of hydrogen-bond acceptors (Lipinski definition) is 5. The van der Waals surface area contributed by atoms with E-state index in [0.29, 0.717) is 17.4 Å². The molecule has 0 radical (unpaired) electrons. The number of halogens is 2. The van der Waals surface area contributed by atoms with Crippen molar-refractivity contribution in [2.24, 2.45) is 0 Å². The van der Waals surface area contributed by atoms with Gasteiger partial charge in [0, 0.05) is 29.8 Å². The smallest absolute Gasteiger partial charge is 0.284 e. The van der Waals surface area contributed by atoms with Crippen LogP contribution in [0, 0.1) is 11.6 Å². The van der Waals surface area contributed by atoms with Crippen molar-refractivity contribution in [2.75, 3.05) is 12.4 Å². The summed E-state index contributed by atoms with van der Waals surface area (Å²) in [7, 11) is 1.56. The number of benzene rings is 3. The number of thiocarbonyl (C=S) groups is 1. The minimum Gasteiger partial charge on any atom is -0.497 e. The highest BCUT2D eigenvalue weighted by molar-refractivity contribution is 7.82. The number of aromatic nitrogens is 1. The van der Waals surface area contributed by atoms with Gasteiger partial charge in [-0.05, 0) is 48.0 Å². The maximum Gasteiger partial charge on any atom is 0.284 e. The molecule has 0 aliphatic carbocycles. The van der Waals surface area contributed by atoms with Gasteiger partial charge in [-0.1, -0.05) is 30.4 Å². The molecule has 35 heavy (non-hydrogen) atoms. The van der Waals surface area contributed by atoms with Crippen LogP contribution in [0.3, 0.4) is 0 Å². The van der Waals surface area contributed by atoms with Gasteiger partial charge in [-0.25, -0.2) is 14.2 Å². The van der Waals surface area contributed by atoms with Crippen LogP contribution < -0.4 is 20.9 Å². The first-order valence-electron chi connectivity index (χ1n) is 10.4. The lowest BCUT2D eigenvalue weighted by Crippen LogP contribution is -2.42. The van der Waals surface area contributed by atoms with Gasteiger partial charge in [0.15, 0.2) is 4.99 Å². The highest BCUT2D eigenvalue weighted by atomic mass is 32.1. The highest BCUT2D eigenvalue weighted by Gasteiger charge is 2.16. The number of nitrogens with one attached hydrogen (secondary N) is 3. The van der Waals surface area contributed by atoms with Crippen molar-refractivity contribution < 1.29 is 23.1 Å². The Labute approximate surface area is 204 Å². The number of para-hydroxylation sites is 1. The molecule has 7 nitrogen and oxygen atoms in total. The van der Waals surface area contributed by atoms with E-state index in [1.165, 1.54) is 0 Å². The molecular formula is C25H20F2N4O3S. The zero-order valence-electron chi connectivity index (χ0n) is 18.5. The predicted octanol–water partition coefficient (Wildman–Crippen LogP) is 4.18. The molecular weight excluding hydrogens is 474 g/mol. The fourth-order valence-electron chi connectivity index (χ4n) is 3.48. The SMILES string of the molecule is COc1ccc(C(=O)n2cc(CNNC(=S)C(=O)Nc3ccc(F)cc3F)c3ccccc32)cc1. The topological polar surface area (TPSA) is 84.4 Å². The Morgan fingerprint density at radius 3 is 2.49 bits per heavy atom. The maximum atomic E-state index is 13.8. The summed E-state index contributed by atoms with van der Waals surface area (Å²) in [6.45, 7) is 0.224. The Bertz CT molecular complexity index is 1420. The molecule has 0 bridgehead atoms. The largest absolute Gasteiger partial charge is 0.497 e. The van der Waals surface area contributed by atoms with Crippen molar-refractivity contribution in [2.45, 2.75) is 6.54 Å². The normalized spacial score (nSPS) is 10.7. The Balaban J connectivity index is 1.44. The predicted molar refractivity (Wildman–Crippen MR) is 132 cm³/mol. The summed E-state index contributed by atoms with van der Waals surface area (Å²) >= 11 is 5.04. The van der Waals surface area contributed by atoms with Crippen LogP contribution in [-0.2, 0) is 11.3 Å². The lowest BCUT2D eigenvalue weighted by atomic mass is 10.2. The number of carbonyl (C=O) groups excluding carboxylic acids is 2. The molecule has 0 aliphatic rings. The Morgan fingerprint density at radius 1 is 1.03 bits per heavy atom. The first-order valence-corrected chi connectivity index (χ1v) is 10.8. The van der Waals surface area contributed by atoms with Crippen LogP contribution in [-0.4, -0.2) is 28.5 Å². The molecule has 3 aromatic carbocycles. The molecule has 10 heteroatoms. The van der Waals surface area contributed by atoms with Gasteiger partial charge < -0.3 is 15.5 Å². The summed E-state index contributed by atoms with van der Waals surface area (Å²) in [4.78, 5) is 25.1. The molecule has 0 aliphatic heterocycles. The average Bonchev–Trinajstić information content (AvgIpc) is 3.24. The zero-order chi connectivity index (χ0) is 24.9. The molecule has 4 rings (SSSR count). The number of anilines is 1. The van der Waals surface area contributed by atoms with Gasteiger partial charge >= 0.3 is 0 Å². The first kappa shape index (κ1) is 24.0. The second-order valence-corrected chi connectivity index (χ2v) is 7.87. The Morgan fingerprint density at radius 2 is 1.77 bits per heavy atom. The third-order valence-corrected chi connectivity index (χ3v) is 5.50. The molecule has 1 amide bonds. The van der Waals surface area contributed by atoms with Gasteiger partial charge in [0.1, 0.15) is 17.4 Å². The van der Waals surface area contributed by atoms with E-state index in [-0.39, 0.29) is 23.1 Å². The van der Waals surface area contributed by atoms with Crippen LogP contribution in [0.5, 0.6) is 5.75 Å². The van der Waals surface area contributed by atoms with Gasteiger partial charge in [-0.2, -0.15) is 0 Å². The minimum atomic E-state index is -0.913. The summed E-state index contributed by atoms with van der Waals surface area (Å²) in [6.07, 6.45) is 1.71. The molecule has 0 fully saturated rings. The number of nitrogens with zero attached hydrogens (tertiary/aromatic N) is 1. The van der Waals surface area contributed by atoms with Crippen LogP contribution in [0.15, 0.2) is 72.9 Å². The maximum absolute atomic E-state index is 13.8. The van der Waals surface area contributed by atoms with Gasteiger partial charge in [0.25, 0.3) is 11.8 Å². The standard InChI is InChI=1S/C25H20F2N4O3S/c1-34-18-9-6-15(7-10-18)25(33)31-14-16(19-4-2-3-5-22(19)31)13-28-30-24(35)23(32)29-21-11-8-17(26)12-20(21)27/h2-12,14,28H,13H2,1H3,(H,29,32)(H,30,35). The fraction of sp³-hybridized carbons (Fsp3) is 0.0800. The number of methoxy groups -OCH3 is 1.